The number of benzene rings is 1. The molecule has 0 fully saturated rings. The van der Waals surface area contributed by atoms with Crippen molar-refractivity contribution in [1.29, 1.82) is 10.5 Å². The van der Waals surface area contributed by atoms with Crippen molar-refractivity contribution in [2.24, 2.45) is 0 Å². The summed E-state index contributed by atoms with van der Waals surface area (Å²) in [6, 6.07) is 8.54. The Morgan fingerprint density at radius 2 is 1.94 bits per heavy atom. The number of aromatic nitrogens is 1. The summed E-state index contributed by atoms with van der Waals surface area (Å²) in [6.07, 6.45) is 0. The molecule has 0 saturated heterocycles. The number of pyridine rings is 1. The highest BCUT2D eigenvalue weighted by molar-refractivity contribution is 5.87. The van der Waals surface area contributed by atoms with Crippen LogP contribution in [0.3, 0.4) is 0 Å². The van der Waals surface area contributed by atoms with Gasteiger partial charge in [-0.05, 0) is 12.1 Å². The van der Waals surface area contributed by atoms with Crippen LogP contribution < -0.4 is 10.3 Å². The monoisotopic (exact) mass is 225 g/mol. The zero-order chi connectivity index (χ0) is 12.4. The molecule has 0 aliphatic heterocycles. The molecule has 0 saturated carbocycles. The van der Waals surface area contributed by atoms with Crippen molar-refractivity contribution in [3.8, 4) is 17.9 Å². The lowest BCUT2D eigenvalue weighted by molar-refractivity contribution is 0.415. The van der Waals surface area contributed by atoms with Crippen LogP contribution >= 0.6 is 0 Å². The average molecular weight is 225 g/mol. The first-order valence-electron chi connectivity index (χ1n) is 4.75. The highest BCUT2D eigenvalue weighted by atomic mass is 16.5. The van der Waals surface area contributed by atoms with E-state index in [2.05, 4.69) is 4.98 Å². The lowest BCUT2D eigenvalue weighted by Gasteiger charge is -2.04. The molecule has 0 spiro atoms. The topological polar surface area (TPSA) is 89.7 Å². The smallest absolute Gasteiger partial charge is 0.267 e. The molecule has 2 rings (SSSR count). The second-order valence-electron chi connectivity index (χ2n) is 3.34. The van der Waals surface area contributed by atoms with Gasteiger partial charge in [-0.3, -0.25) is 4.79 Å². The van der Waals surface area contributed by atoms with Gasteiger partial charge in [0.05, 0.1) is 18.2 Å². The largest absolute Gasteiger partial charge is 0.497 e. The Hall–Kier alpha value is -2.79. The molecule has 2 aromatic rings. The Balaban J connectivity index is 2.95. The number of ether oxygens (including phenoxy) is 1. The van der Waals surface area contributed by atoms with Crippen LogP contribution in [0, 0.1) is 22.7 Å². The van der Waals surface area contributed by atoms with Crippen molar-refractivity contribution in [2.75, 3.05) is 7.11 Å². The SMILES string of the molecule is COc1ccc2c(C#N)c(C#N)c(=O)[nH]c2c1. The van der Waals surface area contributed by atoms with Gasteiger partial charge in [0.15, 0.2) is 0 Å². The first-order valence-corrected chi connectivity index (χ1v) is 4.75. The normalized spacial score (nSPS) is 9.59. The maximum Gasteiger partial charge on any atom is 0.267 e. The Morgan fingerprint density at radius 3 is 2.53 bits per heavy atom. The zero-order valence-electron chi connectivity index (χ0n) is 8.94. The summed E-state index contributed by atoms with van der Waals surface area (Å²) in [5.74, 6) is 0.571. The van der Waals surface area contributed by atoms with E-state index in [-0.39, 0.29) is 11.1 Å². The van der Waals surface area contributed by atoms with Gasteiger partial charge in [0, 0.05) is 11.5 Å². The van der Waals surface area contributed by atoms with Crippen molar-refractivity contribution in [2.45, 2.75) is 0 Å². The standard InChI is InChI=1S/C12H7N3O2/c1-17-7-2-3-8-9(5-13)10(6-14)12(16)15-11(8)4-7/h2-4H,1H3,(H,15,16). The number of hydrogen-bond acceptors (Lipinski definition) is 4. The molecule has 0 bridgehead atoms. The number of fused-ring (bicyclic) bond motifs is 1. The fourth-order valence-electron chi connectivity index (χ4n) is 1.63. The number of nitriles is 2. The number of hydrogen-bond donors (Lipinski definition) is 1. The van der Waals surface area contributed by atoms with Gasteiger partial charge in [-0.25, -0.2) is 0 Å². The summed E-state index contributed by atoms with van der Waals surface area (Å²) >= 11 is 0. The molecule has 17 heavy (non-hydrogen) atoms. The molecule has 0 amide bonds. The van der Waals surface area contributed by atoms with Crippen LogP contribution in [0.15, 0.2) is 23.0 Å². The van der Waals surface area contributed by atoms with Crippen LogP contribution in [-0.2, 0) is 0 Å². The molecular weight excluding hydrogens is 218 g/mol. The predicted molar refractivity (Wildman–Crippen MR) is 60.6 cm³/mol. The second kappa shape index (κ2) is 3.99. The van der Waals surface area contributed by atoms with Crippen LogP contribution in [0.2, 0.25) is 0 Å². The number of nitrogens with zero attached hydrogens (tertiary/aromatic N) is 2. The highest BCUT2D eigenvalue weighted by Gasteiger charge is 2.12. The van der Waals surface area contributed by atoms with E-state index >= 15 is 0 Å². The number of H-pyrrole nitrogens is 1. The molecule has 1 N–H and O–H groups in total. The minimum atomic E-state index is -0.565. The maximum absolute atomic E-state index is 11.6. The lowest BCUT2D eigenvalue weighted by atomic mass is 10.1. The molecule has 0 aliphatic carbocycles. The van der Waals surface area contributed by atoms with Crippen molar-refractivity contribution in [1.82, 2.24) is 4.98 Å². The third-order valence-corrected chi connectivity index (χ3v) is 2.44. The van der Waals surface area contributed by atoms with Gasteiger partial charge in [-0.1, -0.05) is 0 Å². The van der Waals surface area contributed by atoms with E-state index < -0.39 is 5.56 Å². The third-order valence-electron chi connectivity index (χ3n) is 2.44. The first kappa shape index (κ1) is 10.7. The number of rotatable bonds is 1. The van der Waals surface area contributed by atoms with Crippen LogP contribution in [0.5, 0.6) is 5.75 Å². The van der Waals surface area contributed by atoms with Gasteiger partial charge in [-0.2, -0.15) is 10.5 Å². The number of methoxy groups -OCH3 is 1. The molecule has 0 unspecified atom stereocenters. The van der Waals surface area contributed by atoms with Crippen molar-refractivity contribution in [3.05, 3.63) is 39.7 Å². The van der Waals surface area contributed by atoms with Gasteiger partial charge in [0.2, 0.25) is 0 Å². The zero-order valence-corrected chi connectivity index (χ0v) is 8.94. The van der Waals surface area contributed by atoms with Crippen LogP contribution in [0.25, 0.3) is 10.9 Å². The van der Waals surface area contributed by atoms with Gasteiger partial charge < -0.3 is 9.72 Å². The summed E-state index contributed by atoms with van der Waals surface area (Å²) < 4.78 is 5.02. The molecule has 1 aromatic carbocycles. The van der Waals surface area contributed by atoms with Crippen molar-refractivity contribution in [3.63, 3.8) is 0 Å². The minimum Gasteiger partial charge on any atom is -0.497 e. The highest BCUT2D eigenvalue weighted by Crippen LogP contribution is 2.21. The molecule has 0 atom stereocenters. The van der Waals surface area contributed by atoms with Gasteiger partial charge in [0.1, 0.15) is 23.5 Å². The van der Waals surface area contributed by atoms with Gasteiger partial charge in [0.25, 0.3) is 5.56 Å². The van der Waals surface area contributed by atoms with E-state index in [1.165, 1.54) is 7.11 Å². The fraction of sp³-hybridized carbons (Fsp3) is 0.0833. The summed E-state index contributed by atoms with van der Waals surface area (Å²) in [4.78, 5) is 14.1. The van der Waals surface area contributed by atoms with E-state index in [1.807, 2.05) is 6.07 Å². The Kier molecular flexibility index (Phi) is 2.52. The predicted octanol–water partition coefficient (Wildman–Crippen LogP) is 1.28. The summed E-state index contributed by atoms with van der Waals surface area (Å²) in [5.41, 5.74) is -0.159. The average Bonchev–Trinajstić information content (AvgIpc) is 2.36. The van der Waals surface area contributed by atoms with Crippen LogP contribution in [-0.4, -0.2) is 12.1 Å². The summed E-state index contributed by atoms with van der Waals surface area (Å²) in [6.45, 7) is 0. The molecule has 0 radical (unpaired) electrons. The number of nitrogens with one attached hydrogen (secondary N) is 1. The second-order valence-corrected chi connectivity index (χ2v) is 3.34. The van der Waals surface area contributed by atoms with E-state index in [9.17, 15) is 4.79 Å². The van der Waals surface area contributed by atoms with E-state index in [4.69, 9.17) is 15.3 Å². The van der Waals surface area contributed by atoms with Gasteiger partial charge >= 0.3 is 0 Å². The summed E-state index contributed by atoms with van der Waals surface area (Å²) in [7, 11) is 1.51. The van der Waals surface area contributed by atoms with E-state index in [0.717, 1.165) is 0 Å². The maximum atomic E-state index is 11.6. The molecule has 5 nitrogen and oxygen atoms in total. The lowest BCUT2D eigenvalue weighted by Crippen LogP contribution is -2.12. The van der Waals surface area contributed by atoms with Crippen molar-refractivity contribution < 1.29 is 4.74 Å². The van der Waals surface area contributed by atoms with Gasteiger partial charge in [-0.15, -0.1) is 0 Å². The molecule has 1 heterocycles. The van der Waals surface area contributed by atoms with E-state index in [1.54, 1.807) is 24.3 Å². The fourth-order valence-corrected chi connectivity index (χ4v) is 1.63. The first-order chi connectivity index (χ1) is 8.21. The Bertz CT molecular complexity index is 732. The third kappa shape index (κ3) is 1.60. The molecular formula is C12H7N3O2. The quantitative estimate of drug-likeness (QED) is 0.791. The molecule has 1 aromatic heterocycles. The molecule has 5 heteroatoms. The molecule has 0 aliphatic rings. The Labute approximate surface area is 96.5 Å². The van der Waals surface area contributed by atoms with Crippen LogP contribution in [0.4, 0.5) is 0 Å². The van der Waals surface area contributed by atoms with Crippen molar-refractivity contribution >= 4 is 10.9 Å². The molecule has 82 valence electrons. The Morgan fingerprint density at radius 1 is 1.24 bits per heavy atom. The minimum absolute atomic E-state index is 0.0916. The summed E-state index contributed by atoms with van der Waals surface area (Å²) in [5, 5.41) is 18.4. The van der Waals surface area contributed by atoms with E-state index in [0.29, 0.717) is 16.7 Å². The van der Waals surface area contributed by atoms with Crippen LogP contribution in [0.1, 0.15) is 11.1 Å². The number of aromatic amines is 1.